The molecule has 0 aliphatic heterocycles. The molecule has 2 aromatic heterocycles. The van der Waals surface area contributed by atoms with E-state index in [2.05, 4.69) is 15.2 Å². The van der Waals surface area contributed by atoms with E-state index in [1.165, 1.54) is 12.3 Å². The van der Waals surface area contributed by atoms with Crippen molar-refractivity contribution in [3.05, 3.63) is 63.6 Å². The fourth-order valence-corrected chi connectivity index (χ4v) is 1.27. The molecular formula is C11H10N4O2. The summed E-state index contributed by atoms with van der Waals surface area (Å²) in [7, 11) is 0. The van der Waals surface area contributed by atoms with E-state index in [9.17, 15) is 9.59 Å². The highest BCUT2D eigenvalue weighted by molar-refractivity contribution is 5.77. The van der Waals surface area contributed by atoms with Crippen LogP contribution in [0.25, 0.3) is 10.9 Å². The summed E-state index contributed by atoms with van der Waals surface area (Å²) in [6.07, 6.45) is 3.11. The van der Waals surface area contributed by atoms with Crippen LogP contribution in [0.3, 0.4) is 0 Å². The molecule has 3 N–H and O–H groups in total. The SMILES string of the molecule is O=c1cc[nH]c(=O)[nH]1.c1ccc2[nH]ncc2c1. The highest BCUT2D eigenvalue weighted by atomic mass is 16.2. The lowest BCUT2D eigenvalue weighted by Crippen LogP contribution is -2.19. The molecule has 0 saturated carbocycles. The van der Waals surface area contributed by atoms with Crippen molar-refractivity contribution in [2.24, 2.45) is 0 Å². The highest BCUT2D eigenvalue weighted by Crippen LogP contribution is 2.06. The molecule has 3 aromatic rings. The van der Waals surface area contributed by atoms with E-state index in [4.69, 9.17) is 0 Å². The monoisotopic (exact) mass is 230 g/mol. The summed E-state index contributed by atoms with van der Waals surface area (Å²) >= 11 is 0. The molecule has 6 heteroatoms. The predicted octanol–water partition coefficient (Wildman–Crippen LogP) is 0.626. The molecule has 86 valence electrons. The van der Waals surface area contributed by atoms with Crippen LogP contribution in [-0.2, 0) is 0 Å². The summed E-state index contributed by atoms with van der Waals surface area (Å²) in [5, 5.41) is 7.91. The Labute approximate surface area is 95.3 Å². The second kappa shape index (κ2) is 4.93. The summed E-state index contributed by atoms with van der Waals surface area (Å²) in [6.45, 7) is 0. The first-order valence-corrected chi connectivity index (χ1v) is 4.92. The summed E-state index contributed by atoms with van der Waals surface area (Å²) in [5.41, 5.74) is 0.240. The molecule has 0 atom stereocenters. The van der Waals surface area contributed by atoms with Gasteiger partial charge in [0.15, 0.2) is 0 Å². The van der Waals surface area contributed by atoms with Crippen LogP contribution in [0.2, 0.25) is 0 Å². The maximum Gasteiger partial charge on any atom is 0.325 e. The van der Waals surface area contributed by atoms with Gasteiger partial charge in [-0.1, -0.05) is 18.2 Å². The van der Waals surface area contributed by atoms with Gasteiger partial charge in [0, 0.05) is 17.6 Å². The molecule has 0 radical (unpaired) electrons. The lowest BCUT2D eigenvalue weighted by molar-refractivity contribution is 1.04. The minimum atomic E-state index is -0.475. The fourth-order valence-electron chi connectivity index (χ4n) is 1.27. The van der Waals surface area contributed by atoms with Gasteiger partial charge in [0.25, 0.3) is 5.56 Å². The smallest absolute Gasteiger partial charge is 0.314 e. The van der Waals surface area contributed by atoms with E-state index < -0.39 is 5.69 Å². The van der Waals surface area contributed by atoms with Crippen molar-refractivity contribution in [2.45, 2.75) is 0 Å². The highest BCUT2D eigenvalue weighted by Gasteiger charge is 1.88. The standard InChI is InChI=1S/C7H6N2.C4H4N2O2/c1-2-4-7-6(3-1)5-8-9-7;7-3-1-2-5-4(8)6-3/h1-5H,(H,8,9);1-2H,(H2,5,6,7,8). The first-order chi connectivity index (χ1) is 8.25. The molecule has 6 nitrogen and oxygen atoms in total. The number of hydrogen-bond donors (Lipinski definition) is 3. The van der Waals surface area contributed by atoms with Crippen molar-refractivity contribution in [1.82, 2.24) is 20.2 Å². The zero-order valence-corrected chi connectivity index (χ0v) is 8.81. The maximum absolute atomic E-state index is 10.2. The molecular weight excluding hydrogens is 220 g/mol. The Balaban J connectivity index is 0.000000128. The molecule has 2 heterocycles. The minimum absolute atomic E-state index is 0.381. The summed E-state index contributed by atoms with van der Waals surface area (Å²) in [6, 6.07) is 9.25. The number of rotatable bonds is 0. The topological polar surface area (TPSA) is 94.4 Å². The zero-order chi connectivity index (χ0) is 12.1. The van der Waals surface area contributed by atoms with Gasteiger partial charge in [-0.25, -0.2) is 4.79 Å². The first kappa shape index (κ1) is 10.9. The van der Waals surface area contributed by atoms with Crippen molar-refractivity contribution >= 4 is 10.9 Å². The lowest BCUT2D eigenvalue weighted by atomic mass is 10.3. The average Bonchev–Trinajstić information content (AvgIpc) is 2.77. The molecule has 0 saturated heterocycles. The Hall–Kier alpha value is -2.63. The van der Waals surface area contributed by atoms with Gasteiger partial charge in [0.2, 0.25) is 0 Å². The number of hydrogen-bond acceptors (Lipinski definition) is 3. The third-order valence-electron chi connectivity index (χ3n) is 2.04. The van der Waals surface area contributed by atoms with E-state index >= 15 is 0 Å². The van der Waals surface area contributed by atoms with Gasteiger partial charge in [-0.05, 0) is 6.07 Å². The van der Waals surface area contributed by atoms with Gasteiger partial charge < -0.3 is 4.98 Å². The molecule has 0 bridgehead atoms. The molecule has 17 heavy (non-hydrogen) atoms. The van der Waals surface area contributed by atoms with Crippen molar-refractivity contribution in [1.29, 1.82) is 0 Å². The van der Waals surface area contributed by atoms with E-state index in [-0.39, 0.29) is 5.56 Å². The second-order valence-electron chi connectivity index (χ2n) is 3.25. The van der Waals surface area contributed by atoms with Gasteiger partial charge >= 0.3 is 5.69 Å². The first-order valence-electron chi connectivity index (χ1n) is 4.92. The van der Waals surface area contributed by atoms with Crippen LogP contribution in [0.1, 0.15) is 0 Å². The van der Waals surface area contributed by atoms with Gasteiger partial charge in [-0.3, -0.25) is 14.9 Å². The molecule has 0 unspecified atom stereocenters. The van der Waals surface area contributed by atoms with Crippen LogP contribution < -0.4 is 11.2 Å². The third kappa shape index (κ3) is 2.91. The van der Waals surface area contributed by atoms with Crippen LogP contribution in [0.15, 0.2) is 52.3 Å². The van der Waals surface area contributed by atoms with E-state index in [0.29, 0.717) is 0 Å². The number of benzene rings is 1. The van der Waals surface area contributed by atoms with Crippen molar-refractivity contribution in [3.63, 3.8) is 0 Å². The summed E-state index contributed by atoms with van der Waals surface area (Å²) in [4.78, 5) is 24.7. The number of H-pyrrole nitrogens is 3. The summed E-state index contributed by atoms with van der Waals surface area (Å²) < 4.78 is 0. The molecule has 0 aliphatic rings. The van der Waals surface area contributed by atoms with Crippen molar-refractivity contribution in [3.8, 4) is 0 Å². The number of nitrogens with zero attached hydrogens (tertiary/aromatic N) is 1. The normalized spacial score (nSPS) is 9.65. The largest absolute Gasteiger partial charge is 0.325 e. The Morgan fingerprint density at radius 1 is 1.06 bits per heavy atom. The average molecular weight is 230 g/mol. The van der Waals surface area contributed by atoms with Gasteiger partial charge in [0.1, 0.15) is 0 Å². The van der Waals surface area contributed by atoms with E-state index in [1.807, 2.05) is 35.4 Å². The number of aromatic amines is 3. The van der Waals surface area contributed by atoms with Crippen LogP contribution in [-0.4, -0.2) is 20.2 Å². The van der Waals surface area contributed by atoms with E-state index in [1.54, 1.807) is 0 Å². The Bertz CT molecular complexity index is 655. The van der Waals surface area contributed by atoms with Crippen LogP contribution in [0.5, 0.6) is 0 Å². The summed E-state index contributed by atoms with van der Waals surface area (Å²) in [5.74, 6) is 0. The van der Waals surface area contributed by atoms with E-state index in [0.717, 1.165) is 10.9 Å². The Morgan fingerprint density at radius 2 is 1.88 bits per heavy atom. The quantitative estimate of drug-likeness (QED) is 0.528. The van der Waals surface area contributed by atoms with Gasteiger partial charge in [-0.15, -0.1) is 0 Å². The molecule has 1 aromatic carbocycles. The number of fused-ring (bicyclic) bond motifs is 1. The van der Waals surface area contributed by atoms with Crippen molar-refractivity contribution in [2.75, 3.05) is 0 Å². The zero-order valence-electron chi connectivity index (χ0n) is 8.81. The Morgan fingerprint density at radius 3 is 2.53 bits per heavy atom. The number of aromatic nitrogens is 4. The second-order valence-corrected chi connectivity index (χ2v) is 3.25. The molecule has 0 spiro atoms. The molecule has 0 fully saturated rings. The maximum atomic E-state index is 10.2. The third-order valence-corrected chi connectivity index (χ3v) is 2.04. The molecule has 0 amide bonds. The molecule has 3 rings (SSSR count). The van der Waals surface area contributed by atoms with Crippen molar-refractivity contribution < 1.29 is 0 Å². The van der Waals surface area contributed by atoms with Gasteiger partial charge in [0.05, 0.1) is 11.7 Å². The lowest BCUT2D eigenvalue weighted by Gasteiger charge is -1.81. The van der Waals surface area contributed by atoms with Crippen LogP contribution in [0.4, 0.5) is 0 Å². The Kier molecular flexibility index (Phi) is 3.15. The fraction of sp³-hybridized carbons (Fsp3) is 0. The predicted molar refractivity (Wildman–Crippen MR) is 63.8 cm³/mol. The van der Waals surface area contributed by atoms with Crippen LogP contribution in [0, 0.1) is 0 Å². The number of para-hydroxylation sites is 1. The van der Waals surface area contributed by atoms with Gasteiger partial charge in [-0.2, -0.15) is 5.10 Å². The molecule has 0 aliphatic carbocycles. The number of nitrogens with one attached hydrogen (secondary N) is 3. The van der Waals surface area contributed by atoms with Crippen LogP contribution >= 0.6 is 0 Å². The minimum Gasteiger partial charge on any atom is -0.314 e.